The number of rotatable bonds is 6. The van der Waals surface area contributed by atoms with Gasteiger partial charge in [-0.25, -0.2) is 8.42 Å². The molecule has 0 aliphatic heterocycles. The predicted octanol–water partition coefficient (Wildman–Crippen LogP) is 1.24. The zero-order valence-corrected chi connectivity index (χ0v) is 14.5. The van der Waals surface area contributed by atoms with Gasteiger partial charge in [-0.15, -0.1) is 0 Å². The Morgan fingerprint density at radius 1 is 1.35 bits per heavy atom. The Labute approximate surface area is 141 Å². The van der Waals surface area contributed by atoms with Crippen molar-refractivity contribution in [1.82, 2.24) is 9.62 Å². The molecule has 0 spiro atoms. The average Bonchev–Trinajstić information content (AvgIpc) is 2.94. The van der Waals surface area contributed by atoms with Crippen LogP contribution in [0.15, 0.2) is 29.2 Å². The molecule has 1 amide bonds. The lowest BCUT2D eigenvalue weighted by atomic mass is 10.1. The second-order valence-electron chi connectivity index (χ2n) is 5.76. The zero-order valence-electron chi connectivity index (χ0n) is 12.9. The molecule has 2 N–H and O–H groups in total. The molecule has 1 aliphatic rings. The molecule has 8 heteroatoms. The first-order chi connectivity index (χ1) is 10.8. The lowest BCUT2D eigenvalue weighted by Crippen LogP contribution is -2.44. The van der Waals surface area contributed by atoms with Gasteiger partial charge in [0.2, 0.25) is 15.9 Å². The smallest absolute Gasteiger partial charge is 0.243 e. The molecule has 2 atom stereocenters. The number of likely N-dealkylation sites (N-methyl/N-ethyl adjacent to an activating group) is 1. The summed E-state index contributed by atoms with van der Waals surface area (Å²) < 4.78 is 25.8. The average molecular weight is 361 g/mol. The highest BCUT2D eigenvalue weighted by molar-refractivity contribution is 7.89. The largest absolute Gasteiger partial charge is 0.396 e. The molecule has 0 aromatic heterocycles. The third kappa shape index (κ3) is 4.44. The number of hydrogen-bond acceptors (Lipinski definition) is 4. The number of amides is 1. The van der Waals surface area contributed by atoms with Gasteiger partial charge in [0.15, 0.2) is 0 Å². The lowest BCUT2D eigenvalue weighted by Gasteiger charge is -2.21. The van der Waals surface area contributed by atoms with Crippen LogP contribution in [-0.4, -0.2) is 50.0 Å². The van der Waals surface area contributed by atoms with E-state index in [4.69, 9.17) is 11.6 Å². The van der Waals surface area contributed by atoms with Crippen LogP contribution in [0.1, 0.15) is 19.3 Å². The molecule has 128 valence electrons. The maximum Gasteiger partial charge on any atom is 0.243 e. The van der Waals surface area contributed by atoms with Crippen LogP contribution < -0.4 is 5.32 Å². The van der Waals surface area contributed by atoms with Crippen LogP contribution >= 0.6 is 11.6 Å². The molecule has 0 heterocycles. The van der Waals surface area contributed by atoms with Crippen LogP contribution in [0.3, 0.4) is 0 Å². The van der Waals surface area contributed by atoms with E-state index >= 15 is 0 Å². The standard InChI is InChI=1S/C15H21ClN2O4S/c1-18(23(21,22)13-7-5-12(16)6-8-13)9-15(20)17-14-4-2-3-11(14)10-19/h5-8,11,14,19H,2-4,9-10H2,1H3,(H,17,20). The summed E-state index contributed by atoms with van der Waals surface area (Å²) in [5.41, 5.74) is 0. The summed E-state index contributed by atoms with van der Waals surface area (Å²) in [4.78, 5) is 12.2. The maximum atomic E-state index is 12.4. The highest BCUT2D eigenvalue weighted by Gasteiger charge is 2.29. The van der Waals surface area contributed by atoms with Crippen molar-refractivity contribution in [3.63, 3.8) is 0 Å². The van der Waals surface area contributed by atoms with Gasteiger partial charge < -0.3 is 10.4 Å². The second-order valence-corrected chi connectivity index (χ2v) is 8.24. The fraction of sp³-hybridized carbons (Fsp3) is 0.533. The Morgan fingerprint density at radius 2 is 2.00 bits per heavy atom. The summed E-state index contributed by atoms with van der Waals surface area (Å²) in [5.74, 6) is -0.312. The molecule has 1 aliphatic carbocycles. The minimum atomic E-state index is -3.74. The third-order valence-electron chi connectivity index (χ3n) is 4.13. The van der Waals surface area contributed by atoms with Crippen LogP contribution in [0.2, 0.25) is 5.02 Å². The van der Waals surface area contributed by atoms with Crippen molar-refractivity contribution in [3.8, 4) is 0 Å². The SMILES string of the molecule is CN(CC(=O)NC1CCCC1CO)S(=O)(=O)c1ccc(Cl)cc1. The van der Waals surface area contributed by atoms with Crippen molar-refractivity contribution in [2.45, 2.75) is 30.2 Å². The van der Waals surface area contributed by atoms with Crippen LogP contribution in [0.25, 0.3) is 0 Å². The molecule has 1 aromatic carbocycles. The Morgan fingerprint density at radius 3 is 2.61 bits per heavy atom. The quantitative estimate of drug-likeness (QED) is 0.799. The minimum absolute atomic E-state index is 0.0316. The van der Waals surface area contributed by atoms with Gasteiger partial charge in [-0.2, -0.15) is 4.31 Å². The summed E-state index contributed by atoms with van der Waals surface area (Å²) >= 11 is 5.76. The van der Waals surface area contributed by atoms with E-state index in [1.165, 1.54) is 31.3 Å². The van der Waals surface area contributed by atoms with Gasteiger partial charge in [-0.1, -0.05) is 18.0 Å². The number of aliphatic hydroxyl groups excluding tert-OH is 1. The molecule has 0 radical (unpaired) electrons. The highest BCUT2D eigenvalue weighted by Crippen LogP contribution is 2.25. The van der Waals surface area contributed by atoms with Crippen LogP contribution in [0.4, 0.5) is 0 Å². The molecule has 1 saturated carbocycles. The number of nitrogens with zero attached hydrogens (tertiary/aromatic N) is 1. The molecule has 1 aromatic rings. The van der Waals surface area contributed by atoms with Gasteiger partial charge in [0.05, 0.1) is 11.4 Å². The summed E-state index contributed by atoms with van der Waals surface area (Å²) in [7, 11) is -2.38. The van der Waals surface area contributed by atoms with E-state index in [2.05, 4.69) is 5.32 Å². The number of halogens is 1. The number of aliphatic hydroxyl groups is 1. The van der Waals surface area contributed by atoms with Gasteiger partial charge in [0, 0.05) is 30.6 Å². The first kappa shape index (κ1) is 18.2. The minimum Gasteiger partial charge on any atom is -0.396 e. The Hall–Kier alpha value is -1.15. The van der Waals surface area contributed by atoms with Crippen LogP contribution in [0.5, 0.6) is 0 Å². The van der Waals surface area contributed by atoms with Gasteiger partial charge in [0.1, 0.15) is 0 Å². The second kappa shape index (κ2) is 7.61. The fourth-order valence-corrected chi connectivity index (χ4v) is 4.02. The van der Waals surface area contributed by atoms with Gasteiger partial charge in [0.25, 0.3) is 0 Å². The van der Waals surface area contributed by atoms with Crippen LogP contribution in [-0.2, 0) is 14.8 Å². The predicted molar refractivity (Wildman–Crippen MR) is 87.6 cm³/mol. The fourth-order valence-electron chi connectivity index (χ4n) is 2.77. The molecule has 23 heavy (non-hydrogen) atoms. The van der Waals surface area contributed by atoms with E-state index in [1.54, 1.807) is 0 Å². The summed E-state index contributed by atoms with van der Waals surface area (Å²) in [6, 6.07) is 5.72. The number of benzene rings is 1. The van der Waals surface area contributed by atoms with Crippen molar-refractivity contribution in [2.24, 2.45) is 5.92 Å². The summed E-state index contributed by atoms with van der Waals surface area (Å²) in [6.45, 7) is -0.233. The number of carbonyl (C=O) groups is 1. The first-order valence-corrected chi connectivity index (χ1v) is 9.28. The number of sulfonamides is 1. The number of hydrogen-bond donors (Lipinski definition) is 2. The van der Waals surface area contributed by atoms with Gasteiger partial charge in [-0.05, 0) is 37.1 Å². The van der Waals surface area contributed by atoms with Crippen LogP contribution in [0, 0.1) is 5.92 Å². The molecule has 0 bridgehead atoms. The maximum absolute atomic E-state index is 12.4. The van der Waals surface area contributed by atoms with Crippen molar-refractivity contribution < 1.29 is 18.3 Å². The molecule has 2 rings (SSSR count). The summed E-state index contributed by atoms with van der Waals surface area (Å²) in [5, 5.41) is 12.5. The van der Waals surface area contributed by atoms with E-state index in [0.717, 1.165) is 23.6 Å². The molecule has 6 nitrogen and oxygen atoms in total. The van der Waals surface area contributed by atoms with E-state index < -0.39 is 10.0 Å². The Bertz CT molecular complexity index is 648. The lowest BCUT2D eigenvalue weighted by molar-refractivity contribution is -0.122. The van der Waals surface area contributed by atoms with E-state index in [9.17, 15) is 18.3 Å². The van der Waals surface area contributed by atoms with Crippen molar-refractivity contribution in [2.75, 3.05) is 20.2 Å². The highest BCUT2D eigenvalue weighted by atomic mass is 35.5. The van der Waals surface area contributed by atoms with E-state index in [0.29, 0.717) is 5.02 Å². The topological polar surface area (TPSA) is 86.7 Å². The molecular formula is C15H21ClN2O4S. The normalized spacial score (nSPS) is 21.6. The number of carbonyl (C=O) groups excluding carboxylic acids is 1. The molecule has 2 unspecified atom stereocenters. The zero-order chi connectivity index (χ0) is 17.0. The molecule has 1 fully saturated rings. The monoisotopic (exact) mass is 360 g/mol. The van der Waals surface area contributed by atoms with E-state index in [1.807, 2.05) is 0 Å². The number of nitrogens with one attached hydrogen (secondary N) is 1. The van der Waals surface area contributed by atoms with Gasteiger partial charge >= 0.3 is 0 Å². The van der Waals surface area contributed by atoms with Gasteiger partial charge in [-0.3, -0.25) is 4.79 Å². The van der Waals surface area contributed by atoms with Crippen molar-refractivity contribution >= 4 is 27.5 Å². The Kier molecular flexibility index (Phi) is 6.02. The Balaban J connectivity index is 1.98. The summed E-state index contributed by atoms with van der Waals surface area (Å²) in [6.07, 6.45) is 2.64. The molecular weight excluding hydrogens is 340 g/mol. The van der Waals surface area contributed by atoms with Crippen molar-refractivity contribution in [1.29, 1.82) is 0 Å². The van der Waals surface area contributed by atoms with E-state index in [-0.39, 0.29) is 35.9 Å². The molecule has 0 saturated heterocycles. The van der Waals surface area contributed by atoms with Crippen molar-refractivity contribution in [3.05, 3.63) is 29.3 Å². The first-order valence-electron chi connectivity index (χ1n) is 7.46. The third-order valence-corrected chi connectivity index (χ3v) is 6.20.